The Bertz CT molecular complexity index is 660. The van der Waals surface area contributed by atoms with E-state index in [1.54, 1.807) is 0 Å². The van der Waals surface area contributed by atoms with E-state index in [0.29, 0.717) is 16.7 Å². The van der Waals surface area contributed by atoms with Crippen molar-refractivity contribution in [3.05, 3.63) is 30.2 Å². The Kier molecular flexibility index (Phi) is 4.02. The summed E-state index contributed by atoms with van der Waals surface area (Å²) in [5, 5.41) is 39.0. The highest BCUT2D eigenvalue weighted by molar-refractivity contribution is 5.86. The van der Waals surface area contributed by atoms with E-state index >= 15 is 0 Å². The first-order chi connectivity index (χ1) is 10.5. The molecule has 1 aromatic heterocycles. The molecule has 7 nitrogen and oxygen atoms in total. The Morgan fingerprint density at radius 2 is 1.95 bits per heavy atom. The fourth-order valence-corrected chi connectivity index (χ4v) is 2.46. The standard InChI is InChI=1S/C14H16FNO6/c15-6-1-2-7-8(3-6)16-4-9(7)21-14-13(20)12(19)11(18)10(5-17)22-14/h1-4,10-14,16-20H,5H2/t10-,11+,12+,13-,14?/m1/s1. The fraction of sp³-hybridized carbons (Fsp3) is 0.429. The van der Waals surface area contributed by atoms with E-state index in [9.17, 15) is 19.7 Å². The number of hydrogen-bond acceptors (Lipinski definition) is 6. The van der Waals surface area contributed by atoms with Gasteiger partial charge in [-0.3, -0.25) is 0 Å². The summed E-state index contributed by atoms with van der Waals surface area (Å²) < 4.78 is 23.9. The Morgan fingerprint density at radius 1 is 1.18 bits per heavy atom. The van der Waals surface area contributed by atoms with Crippen LogP contribution in [-0.2, 0) is 4.74 Å². The number of benzene rings is 1. The number of fused-ring (bicyclic) bond motifs is 1. The third-order valence-electron chi connectivity index (χ3n) is 3.70. The average Bonchev–Trinajstić information content (AvgIpc) is 2.90. The van der Waals surface area contributed by atoms with Gasteiger partial charge in [0.1, 0.15) is 36.0 Å². The van der Waals surface area contributed by atoms with Crippen molar-refractivity contribution in [2.45, 2.75) is 30.7 Å². The van der Waals surface area contributed by atoms with Crippen LogP contribution in [0.25, 0.3) is 10.9 Å². The van der Waals surface area contributed by atoms with Gasteiger partial charge < -0.3 is 34.9 Å². The van der Waals surface area contributed by atoms with E-state index in [1.807, 2.05) is 0 Å². The SMILES string of the molecule is OC[C@H]1OC(Oc2c[nH]c3cc(F)ccc23)[C@H](O)[C@@H](O)[C@H]1O. The van der Waals surface area contributed by atoms with Crippen LogP contribution < -0.4 is 4.74 Å². The van der Waals surface area contributed by atoms with Crippen molar-refractivity contribution in [2.75, 3.05) is 6.61 Å². The number of ether oxygens (including phenoxy) is 2. The van der Waals surface area contributed by atoms with Crippen LogP contribution in [0.5, 0.6) is 5.75 Å². The van der Waals surface area contributed by atoms with Crippen LogP contribution in [0.2, 0.25) is 0 Å². The second-order valence-electron chi connectivity index (χ2n) is 5.16. The maximum atomic E-state index is 13.1. The van der Waals surface area contributed by atoms with E-state index in [4.69, 9.17) is 14.6 Å². The van der Waals surface area contributed by atoms with Crippen LogP contribution in [0.3, 0.4) is 0 Å². The van der Waals surface area contributed by atoms with E-state index in [1.165, 1.54) is 24.4 Å². The molecule has 1 aliphatic heterocycles. The van der Waals surface area contributed by atoms with Crippen molar-refractivity contribution in [3.8, 4) is 5.75 Å². The lowest BCUT2D eigenvalue weighted by Crippen LogP contribution is -2.60. The second-order valence-corrected chi connectivity index (χ2v) is 5.16. The predicted molar refractivity (Wildman–Crippen MR) is 72.7 cm³/mol. The number of halogens is 1. The molecule has 2 heterocycles. The third kappa shape index (κ3) is 2.55. The quantitative estimate of drug-likeness (QED) is 0.521. The van der Waals surface area contributed by atoms with Crippen LogP contribution in [0, 0.1) is 5.82 Å². The highest BCUT2D eigenvalue weighted by atomic mass is 19.1. The number of aromatic nitrogens is 1. The zero-order valence-corrected chi connectivity index (χ0v) is 11.4. The van der Waals surface area contributed by atoms with Crippen molar-refractivity contribution in [3.63, 3.8) is 0 Å². The first kappa shape index (κ1) is 15.2. The molecule has 0 spiro atoms. The molecule has 0 radical (unpaired) electrons. The molecule has 5 N–H and O–H groups in total. The van der Waals surface area contributed by atoms with Gasteiger partial charge >= 0.3 is 0 Å². The third-order valence-corrected chi connectivity index (χ3v) is 3.70. The zero-order valence-electron chi connectivity index (χ0n) is 11.4. The highest BCUT2D eigenvalue weighted by Gasteiger charge is 2.44. The molecule has 1 aromatic carbocycles. The summed E-state index contributed by atoms with van der Waals surface area (Å²) >= 11 is 0. The Hall–Kier alpha value is -1.71. The van der Waals surface area contributed by atoms with Gasteiger partial charge in [-0.2, -0.15) is 0 Å². The van der Waals surface area contributed by atoms with Gasteiger partial charge in [-0.05, 0) is 18.2 Å². The number of hydrogen-bond donors (Lipinski definition) is 5. The molecule has 0 saturated carbocycles. The van der Waals surface area contributed by atoms with Crippen LogP contribution in [-0.4, -0.2) is 62.7 Å². The van der Waals surface area contributed by atoms with Gasteiger partial charge in [0.15, 0.2) is 0 Å². The zero-order chi connectivity index (χ0) is 15.9. The highest BCUT2D eigenvalue weighted by Crippen LogP contribution is 2.30. The van der Waals surface area contributed by atoms with Gasteiger partial charge in [0.25, 0.3) is 0 Å². The van der Waals surface area contributed by atoms with Crippen LogP contribution in [0.1, 0.15) is 0 Å². The van der Waals surface area contributed by atoms with Crippen molar-refractivity contribution in [2.24, 2.45) is 0 Å². The van der Waals surface area contributed by atoms with Gasteiger partial charge in [-0.25, -0.2) is 4.39 Å². The van der Waals surface area contributed by atoms with Gasteiger partial charge in [-0.15, -0.1) is 0 Å². The molecule has 2 aromatic rings. The summed E-state index contributed by atoms with van der Waals surface area (Å²) in [5.74, 6) is -0.118. The lowest BCUT2D eigenvalue weighted by molar-refractivity contribution is -0.277. The van der Waals surface area contributed by atoms with Crippen LogP contribution in [0.4, 0.5) is 4.39 Å². The van der Waals surface area contributed by atoms with Gasteiger partial charge in [0.2, 0.25) is 6.29 Å². The number of nitrogens with one attached hydrogen (secondary N) is 1. The van der Waals surface area contributed by atoms with E-state index in [0.717, 1.165) is 0 Å². The number of H-pyrrole nitrogens is 1. The maximum absolute atomic E-state index is 13.1. The predicted octanol–water partition coefficient (Wildman–Crippen LogP) is -0.514. The molecule has 1 aliphatic rings. The molecule has 8 heteroatoms. The minimum absolute atomic E-state index is 0.291. The summed E-state index contributed by atoms with van der Waals surface area (Å²) in [6.07, 6.45) is -5.32. The summed E-state index contributed by atoms with van der Waals surface area (Å²) in [7, 11) is 0. The largest absolute Gasteiger partial charge is 0.460 e. The Morgan fingerprint density at radius 3 is 2.68 bits per heavy atom. The van der Waals surface area contributed by atoms with Crippen LogP contribution >= 0.6 is 0 Å². The molecule has 1 fully saturated rings. The van der Waals surface area contributed by atoms with Crippen molar-refractivity contribution in [1.82, 2.24) is 4.98 Å². The normalized spacial score (nSPS) is 32.3. The van der Waals surface area contributed by atoms with E-state index in [2.05, 4.69) is 4.98 Å². The van der Waals surface area contributed by atoms with Crippen LogP contribution in [0.15, 0.2) is 24.4 Å². The maximum Gasteiger partial charge on any atom is 0.229 e. The number of aliphatic hydroxyl groups is 4. The lowest BCUT2D eigenvalue weighted by Gasteiger charge is -2.39. The summed E-state index contributed by atoms with van der Waals surface area (Å²) in [6.45, 7) is -0.538. The smallest absolute Gasteiger partial charge is 0.229 e. The number of aliphatic hydroxyl groups excluding tert-OH is 4. The lowest BCUT2D eigenvalue weighted by atomic mass is 9.99. The summed E-state index contributed by atoms with van der Waals surface area (Å²) in [4.78, 5) is 2.82. The molecule has 120 valence electrons. The van der Waals surface area contributed by atoms with Crippen molar-refractivity contribution in [1.29, 1.82) is 0 Å². The fourth-order valence-electron chi connectivity index (χ4n) is 2.46. The number of aromatic amines is 1. The average molecular weight is 313 g/mol. The summed E-state index contributed by atoms with van der Waals surface area (Å²) in [6, 6.07) is 4.05. The first-order valence-electron chi connectivity index (χ1n) is 6.75. The summed E-state index contributed by atoms with van der Waals surface area (Å²) in [5.41, 5.74) is 0.500. The molecular weight excluding hydrogens is 297 g/mol. The van der Waals surface area contributed by atoms with Crippen molar-refractivity contribution >= 4 is 10.9 Å². The first-order valence-corrected chi connectivity index (χ1v) is 6.75. The molecule has 1 unspecified atom stereocenters. The van der Waals surface area contributed by atoms with Crippen molar-refractivity contribution < 1.29 is 34.3 Å². The van der Waals surface area contributed by atoms with Gasteiger partial charge in [0.05, 0.1) is 12.1 Å². The minimum Gasteiger partial charge on any atom is -0.460 e. The second kappa shape index (κ2) is 5.82. The van der Waals surface area contributed by atoms with Gasteiger partial charge in [0, 0.05) is 11.6 Å². The molecule has 1 saturated heterocycles. The number of rotatable bonds is 3. The molecule has 3 rings (SSSR count). The monoisotopic (exact) mass is 313 g/mol. The molecule has 22 heavy (non-hydrogen) atoms. The Labute approximate surface area is 124 Å². The van der Waals surface area contributed by atoms with E-state index < -0.39 is 43.1 Å². The molecule has 0 amide bonds. The Balaban J connectivity index is 1.84. The van der Waals surface area contributed by atoms with E-state index in [-0.39, 0.29) is 0 Å². The molecule has 5 atom stereocenters. The molecule has 0 bridgehead atoms. The molecular formula is C14H16FNO6. The topological polar surface area (TPSA) is 115 Å². The minimum atomic E-state index is -1.52. The van der Waals surface area contributed by atoms with Gasteiger partial charge in [-0.1, -0.05) is 0 Å². The molecule has 0 aliphatic carbocycles.